The molecule has 0 amide bonds. The van der Waals surface area contributed by atoms with Crippen LogP contribution in [0.1, 0.15) is 12.5 Å². The van der Waals surface area contributed by atoms with Crippen LogP contribution in [0.2, 0.25) is 0 Å². The normalized spacial score (nSPS) is 12.1. The van der Waals surface area contributed by atoms with Gasteiger partial charge in [0, 0.05) is 12.6 Å². The fraction of sp³-hybridized carbons (Fsp3) is 0.286. The van der Waals surface area contributed by atoms with Crippen LogP contribution in [0, 0.1) is 0 Å². The van der Waals surface area contributed by atoms with Crippen LogP contribution < -0.4 is 5.73 Å². The highest BCUT2D eigenvalue weighted by Gasteiger charge is 2.16. The second-order valence-corrected chi connectivity index (χ2v) is 4.19. The number of carbonyl (C=O) groups excluding carboxylic acids is 1. The molecule has 0 saturated carbocycles. The summed E-state index contributed by atoms with van der Waals surface area (Å²) in [5, 5.41) is 4.25. The van der Waals surface area contributed by atoms with E-state index in [0.717, 1.165) is 11.3 Å². The predicted molar refractivity (Wildman–Crippen MR) is 71.9 cm³/mol. The number of esters is 1. The molecule has 0 bridgehead atoms. The van der Waals surface area contributed by atoms with Gasteiger partial charge in [0.25, 0.3) is 0 Å². The molecule has 5 nitrogen and oxygen atoms in total. The highest BCUT2D eigenvalue weighted by atomic mass is 16.5. The van der Waals surface area contributed by atoms with Gasteiger partial charge in [0.2, 0.25) is 0 Å². The van der Waals surface area contributed by atoms with Gasteiger partial charge in [0.1, 0.15) is 6.04 Å². The van der Waals surface area contributed by atoms with Crippen LogP contribution in [-0.4, -0.2) is 28.4 Å². The number of rotatable bonds is 5. The summed E-state index contributed by atoms with van der Waals surface area (Å²) < 4.78 is 6.63. The first kappa shape index (κ1) is 13.3. The Morgan fingerprint density at radius 1 is 1.42 bits per heavy atom. The predicted octanol–water partition coefficient (Wildman–Crippen LogP) is 1.31. The summed E-state index contributed by atoms with van der Waals surface area (Å²) in [7, 11) is 0. The smallest absolute Gasteiger partial charge is 0.323 e. The number of para-hydroxylation sites is 1. The van der Waals surface area contributed by atoms with E-state index in [1.165, 1.54) is 0 Å². The molecular weight excluding hydrogens is 242 g/mol. The Hall–Kier alpha value is -2.14. The first-order valence-corrected chi connectivity index (χ1v) is 6.22. The third-order valence-corrected chi connectivity index (χ3v) is 2.70. The zero-order valence-corrected chi connectivity index (χ0v) is 10.8. The first-order valence-electron chi connectivity index (χ1n) is 6.22. The van der Waals surface area contributed by atoms with Crippen molar-refractivity contribution in [1.82, 2.24) is 9.78 Å². The number of carbonyl (C=O) groups is 1. The molecule has 0 aliphatic carbocycles. The fourth-order valence-corrected chi connectivity index (χ4v) is 1.77. The molecule has 0 fully saturated rings. The molecule has 0 saturated heterocycles. The van der Waals surface area contributed by atoms with Gasteiger partial charge in [-0.15, -0.1) is 0 Å². The lowest BCUT2D eigenvalue weighted by atomic mass is 10.1. The van der Waals surface area contributed by atoms with Gasteiger partial charge in [-0.3, -0.25) is 4.79 Å². The summed E-state index contributed by atoms with van der Waals surface area (Å²) in [6.07, 6.45) is 4.01. The van der Waals surface area contributed by atoms with Gasteiger partial charge in [0.05, 0.1) is 18.5 Å². The van der Waals surface area contributed by atoms with E-state index in [0.29, 0.717) is 13.0 Å². The molecule has 0 spiro atoms. The van der Waals surface area contributed by atoms with Gasteiger partial charge in [-0.1, -0.05) is 18.2 Å². The minimum Gasteiger partial charge on any atom is -0.465 e. The molecular formula is C14H17N3O2. The minimum absolute atomic E-state index is 0.343. The van der Waals surface area contributed by atoms with E-state index in [1.54, 1.807) is 17.8 Å². The summed E-state index contributed by atoms with van der Waals surface area (Å²) in [6, 6.07) is 9.12. The lowest BCUT2D eigenvalue weighted by Gasteiger charge is -2.08. The zero-order valence-electron chi connectivity index (χ0n) is 10.8. The summed E-state index contributed by atoms with van der Waals surface area (Å²) in [5.41, 5.74) is 7.65. The SMILES string of the molecule is CCOC(=O)C(N)Cc1cnn(-c2ccccc2)c1. The van der Waals surface area contributed by atoms with Gasteiger partial charge in [0.15, 0.2) is 0 Å². The number of benzene rings is 1. The monoisotopic (exact) mass is 259 g/mol. The van der Waals surface area contributed by atoms with Crippen molar-refractivity contribution >= 4 is 5.97 Å². The van der Waals surface area contributed by atoms with Crippen LogP contribution in [0.25, 0.3) is 5.69 Å². The Morgan fingerprint density at radius 2 is 2.16 bits per heavy atom. The van der Waals surface area contributed by atoms with Crippen molar-refractivity contribution in [2.45, 2.75) is 19.4 Å². The van der Waals surface area contributed by atoms with Crippen LogP contribution >= 0.6 is 0 Å². The highest BCUT2D eigenvalue weighted by Crippen LogP contribution is 2.09. The van der Waals surface area contributed by atoms with E-state index < -0.39 is 6.04 Å². The Balaban J connectivity index is 2.04. The molecule has 0 aliphatic heterocycles. The molecule has 0 aliphatic rings. The van der Waals surface area contributed by atoms with Crippen LogP contribution in [0.4, 0.5) is 0 Å². The van der Waals surface area contributed by atoms with Crippen molar-refractivity contribution in [3.63, 3.8) is 0 Å². The topological polar surface area (TPSA) is 70.1 Å². The molecule has 1 heterocycles. The van der Waals surface area contributed by atoms with Crippen molar-refractivity contribution in [3.05, 3.63) is 48.3 Å². The van der Waals surface area contributed by atoms with E-state index in [2.05, 4.69) is 5.10 Å². The molecule has 2 N–H and O–H groups in total. The van der Waals surface area contributed by atoms with Crippen molar-refractivity contribution in [2.24, 2.45) is 5.73 Å². The second-order valence-electron chi connectivity index (χ2n) is 4.19. The van der Waals surface area contributed by atoms with E-state index >= 15 is 0 Å². The van der Waals surface area contributed by atoms with Crippen LogP contribution in [0.5, 0.6) is 0 Å². The molecule has 5 heteroatoms. The standard InChI is InChI=1S/C14H17N3O2/c1-2-19-14(18)13(15)8-11-9-16-17(10-11)12-6-4-3-5-7-12/h3-7,9-10,13H,2,8,15H2,1H3. The van der Waals surface area contributed by atoms with Crippen molar-refractivity contribution in [3.8, 4) is 5.69 Å². The Bertz CT molecular complexity index is 537. The third-order valence-electron chi connectivity index (χ3n) is 2.70. The molecule has 2 aromatic rings. The Morgan fingerprint density at radius 3 is 2.84 bits per heavy atom. The molecule has 0 radical (unpaired) electrons. The zero-order chi connectivity index (χ0) is 13.7. The summed E-state index contributed by atoms with van der Waals surface area (Å²) >= 11 is 0. The number of aromatic nitrogens is 2. The Labute approximate surface area is 112 Å². The van der Waals surface area contributed by atoms with E-state index in [9.17, 15) is 4.79 Å². The fourth-order valence-electron chi connectivity index (χ4n) is 1.77. The molecule has 1 aromatic heterocycles. The van der Waals surface area contributed by atoms with Gasteiger partial charge in [-0.05, 0) is 24.6 Å². The number of hydrogen-bond acceptors (Lipinski definition) is 4. The maximum atomic E-state index is 11.4. The van der Waals surface area contributed by atoms with E-state index in [1.807, 2.05) is 36.5 Å². The average molecular weight is 259 g/mol. The van der Waals surface area contributed by atoms with Crippen LogP contribution in [0.3, 0.4) is 0 Å². The quantitative estimate of drug-likeness (QED) is 0.822. The van der Waals surface area contributed by atoms with Gasteiger partial charge < -0.3 is 10.5 Å². The summed E-state index contributed by atoms with van der Waals surface area (Å²) in [6.45, 7) is 2.11. The molecule has 19 heavy (non-hydrogen) atoms. The summed E-state index contributed by atoms with van der Waals surface area (Å²) in [4.78, 5) is 11.4. The van der Waals surface area contributed by atoms with Crippen molar-refractivity contribution in [1.29, 1.82) is 0 Å². The highest BCUT2D eigenvalue weighted by molar-refractivity contribution is 5.75. The van der Waals surface area contributed by atoms with Gasteiger partial charge in [-0.2, -0.15) is 5.10 Å². The number of nitrogens with two attached hydrogens (primary N) is 1. The first-order chi connectivity index (χ1) is 9.20. The summed E-state index contributed by atoms with van der Waals surface area (Å²) in [5.74, 6) is -0.380. The lowest BCUT2D eigenvalue weighted by molar-refractivity contribution is -0.144. The maximum Gasteiger partial charge on any atom is 0.323 e. The minimum atomic E-state index is -0.645. The van der Waals surface area contributed by atoms with Gasteiger partial charge in [-0.25, -0.2) is 4.68 Å². The molecule has 1 unspecified atom stereocenters. The third kappa shape index (κ3) is 3.42. The van der Waals surface area contributed by atoms with Crippen molar-refractivity contribution in [2.75, 3.05) is 6.61 Å². The average Bonchev–Trinajstić information content (AvgIpc) is 2.88. The van der Waals surface area contributed by atoms with E-state index in [-0.39, 0.29) is 5.97 Å². The molecule has 1 atom stereocenters. The van der Waals surface area contributed by atoms with Crippen molar-refractivity contribution < 1.29 is 9.53 Å². The van der Waals surface area contributed by atoms with Crippen LogP contribution in [0.15, 0.2) is 42.7 Å². The lowest BCUT2D eigenvalue weighted by Crippen LogP contribution is -2.34. The second kappa shape index (κ2) is 6.15. The van der Waals surface area contributed by atoms with Crippen LogP contribution in [-0.2, 0) is 16.0 Å². The number of nitrogens with zero attached hydrogens (tertiary/aromatic N) is 2. The maximum absolute atomic E-state index is 11.4. The Kier molecular flexibility index (Phi) is 4.30. The number of ether oxygens (including phenoxy) is 1. The van der Waals surface area contributed by atoms with Gasteiger partial charge >= 0.3 is 5.97 Å². The molecule has 1 aromatic carbocycles. The number of hydrogen-bond donors (Lipinski definition) is 1. The molecule has 100 valence electrons. The molecule has 2 rings (SSSR count). The largest absolute Gasteiger partial charge is 0.465 e. The van der Waals surface area contributed by atoms with E-state index in [4.69, 9.17) is 10.5 Å².